The fourth-order valence-electron chi connectivity index (χ4n) is 3.72. The molecule has 1 unspecified atom stereocenters. The molecule has 0 saturated carbocycles. The minimum Gasteiger partial charge on any atom is -0.338 e. The van der Waals surface area contributed by atoms with Gasteiger partial charge in [0.2, 0.25) is 0 Å². The lowest BCUT2D eigenvalue weighted by Crippen LogP contribution is -2.39. The minimum atomic E-state index is -0.0288. The molecule has 1 aromatic carbocycles. The largest absolute Gasteiger partial charge is 0.338 e. The molecule has 1 aliphatic rings. The molecule has 1 saturated heterocycles. The van der Waals surface area contributed by atoms with Gasteiger partial charge in [-0.15, -0.1) is 11.3 Å². The molecule has 5 nitrogen and oxygen atoms in total. The van der Waals surface area contributed by atoms with E-state index in [9.17, 15) is 4.79 Å². The van der Waals surface area contributed by atoms with E-state index in [1.165, 1.54) is 5.56 Å². The summed E-state index contributed by atoms with van der Waals surface area (Å²) >= 11 is 8.26. The Labute approximate surface area is 174 Å². The summed E-state index contributed by atoms with van der Waals surface area (Å²) in [6.07, 6.45) is 3.87. The van der Waals surface area contributed by atoms with Gasteiger partial charge in [-0.25, -0.2) is 9.67 Å². The monoisotopic (exact) mass is 414 g/mol. The van der Waals surface area contributed by atoms with Crippen LogP contribution in [0, 0.1) is 13.8 Å². The lowest BCUT2D eigenvalue weighted by atomic mass is 9.98. The molecular formula is C21H23ClN4OS. The number of rotatable bonds is 4. The second-order valence-electron chi connectivity index (χ2n) is 7.36. The van der Waals surface area contributed by atoms with E-state index < -0.39 is 0 Å². The summed E-state index contributed by atoms with van der Waals surface area (Å²) in [4.78, 5) is 19.6. The summed E-state index contributed by atoms with van der Waals surface area (Å²) in [5.74, 6) is 0.276. The second kappa shape index (κ2) is 8.05. The molecule has 1 aliphatic heterocycles. The van der Waals surface area contributed by atoms with Gasteiger partial charge in [-0.05, 0) is 32.3 Å². The van der Waals surface area contributed by atoms with E-state index in [4.69, 9.17) is 11.6 Å². The average Bonchev–Trinajstić information content (AvgIpc) is 3.32. The van der Waals surface area contributed by atoms with Crippen LogP contribution >= 0.6 is 22.9 Å². The van der Waals surface area contributed by atoms with Gasteiger partial charge in [0.25, 0.3) is 5.91 Å². The SMILES string of the molecule is Cc1ccc(Cn2nc(C)c(C(=O)N3CCCC(c4nccs4)C3)c2Cl)cc1. The zero-order valence-electron chi connectivity index (χ0n) is 16.1. The maximum Gasteiger partial charge on any atom is 0.258 e. The highest BCUT2D eigenvalue weighted by Gasteiger charge is 2.30. The van der Waals surface area contributed by atoms with Gasteiger partial charge in [0.1, 0.15) is 5.15 Å². The first-order valence-corrected chi connectivity index (χ1v) is 10.8. The zero-order valence-corrected chi connectivity index (χ0v) is 17.6. The number of aromatic nitrogens is 3. The lowest BCUT2D eigenvalue weighted by molar-refractivity contribution is 0.0706. The van der Waals surface area contributed by atoms with E-state index in [-0.39, 0.29) is 5.91 Å². The molecule has 3 aromatic rings. The van der Waals surface area contributed by atoms with Crippen molar-refractivity contribution in [2.75, 3.05) is 13.1 Å². The molecule has 1 amide bonds. The minimum absolute atomic E-state index is 0.0288. The van der Waals surface area contributed by atoms with Crippen LogP contribution in [0.4, 0.5) is 0 Å². The molecular weight excluding hydrogens is 392 g/mol. The highest BCUT2D eigenvalue weighted by Crippen LogP contribution is 2.30. The van der Waals surface area contributed by atoms with E-state index in [1.807, 2.05) is 23.4 Å². The van der Waals surface area contributed by atoms with Gasteiger partial charge in [0.05, 0.1) is 22.8 Å². The summed E-state index contributed by atoms with van der Waals surface area (Å²) in [5, 5.41) is 8.05. The molecule has 0 spiro atoms. The average molecular weight is 415 g/mol. The Bertz CT molecular complexity index is 965. The fraction of sp³-hybridized carbons (Fsp3) is 0.381. The third-order valence-corrected chi connectivity index (χ3v) is 6.56. The van der Waals surface area contributed by atoms with E-state index in [2.05, 4.69) is 41.3 Å². The third-order valence-electron chi connectivity index (χ3n) is 5.24. The van der Waals surface area contributed by atoms with Gasteiger partial charge in [-0.1, -0.05) is 41.4 Å². The third kappa shape index (κ3) is 3.84. The predicted molar refractivity (Wildman–Crippen MR) is 112 cm³/mol. The molecule has 146 valence electrons. The fourth-order valence-corrected chi connectivity index (χ4v) is 4.81. The van der Waals surface area contributed by atoms with Crippen LogP contribution < -0.4 is 0 Å². The number of hydrogen-bond acceptors (Lipinski definition) is 4. The molecule has 1 atom stereocenters. The van der Waals surface area contributed by atoms with Crippen molar-refractivity contribution in [2.24, 2.45) is 0 Å². The molecule has 2 aromatic heterocycles. The van der Waals surface area contributed by atoms with Crippen molar-refractivity contribution in [3.05, 3.63) is 68.4 Å². The number of halogens is 1. The van der Waals surface area contributed by atoms with Gasteiger partial charge in [0.15, 0.2) is 0 Å². The van der Waals surface area contributed by atoms with Crippen molar-refractivity contribution in [1.82, 2.24) is 19.7 Å². The van der Waals surface area contributed by atoms with Gasteiger partial charge in [-0.3, -0.25) is 4.79 Å². The van der Waals surface area contributed by atoms with Gasteiger partial charge >= 0.3 is 0 Å². The van der Waals surface area contributed by atoms with E-state index >= 15 is 0 Å². The molecule has 0 N–H and O–H groups in total. The number of thiazole rings is 1. The van der Waals surface area contributed by atoms with E-state index in [1.54, 1.807) is 16.0 Å². The van der Waals surface area contributed by atoms with Crippen LogP contribution in [0.2, 0.25) is 5.15 Å². The van der Waals surface area contributed by atoms with Crippen molar-refractivity contribution >= 4 is 28.8 Å². The number of carbonyl (C=O) groups excluding carboxylic acids is 1. The Hall–Kier alpha value is -2.18. The number of aryl methyl sites for hydroxylation is 2. The van der Waals surface area contributed by atoms with Crippen molar-refractivity contribution in [3.8, 4) is 0 Å². The molecule has 0 bridgehead atoms. The molecule has 28 heavy (non-hydrogen) atoms. The van der Waals surface area contributed by atoms with Crippen molar-refractivity contribution in [3.63, 3.8) is 0 Å². The molecule has 3 heterocycles. The molecule has 7 heteroatoms. The van der Waals surface area contributed by atoms with E-state index in [0.29, 0.717) is 35.4 Å². The van der Waals surface area contributed by atoms with E-state index in [0.717, 1.165) is 30.0 Å². The maximum atomic E-state index is 13.2. The van der Waals surface area contributed by atoms with Crippen LogP contribution in [0.3, 0.4) is 0 Å². The lowest BCUT2D eigenvalue weighted by Gasteiger charge is -2.31. The normalized spacial score (nSPS) is 17.1. The highest BCUT2D eigenvalue weighted by molar-refractivity contribution is 7.09. The smallest absolute Gasteiger partial charge is 0.258 e. The second-order valence-corrected chi connectivity index (χ2v) is 8.64. The van der Waals surface area contributed by atoms with Gasteiger partial charge in [-0.2, -0.15) is 5.10 Å². The predicted octanol–water partition coefficient (Wildman–Crippen LogP) is 4.68. The Morgan fingerprint density at radius 3 is 2.79 bits per heavy atom. The molecule has 0 radical (unpaired) electrons. The van der Waals surface area contributed by atoms with Crippen molar-refractivity contribution in [1.29, 1.82) is 0 Å². The highest BCUT2D eigenvalue weighted by atomic mass is 35.5. The Morgan fingerprint density at radius 2 is 2.07 bits per heavy atom. The Morgan fingerprint density at radius 1 is 1.29 bits per heavy atom. The van der Waals surface area contributed by atoms with Crippen molar-refractivity contribution < 1.29 is 4.79 Å². The number of carbonyl (C=O) groups is 1. The van der Waals surface area contributed by atoms with Crippen LogP contribution in [0.25, 0.3) is 0 Å². The first kappa shape index (κ1) is 19.2. The van der Waals surface area contributed by atoms with Crippen LogP contribution in [0.5, 0.6) is 0 Å². The van der Waals surface area contributed by atoms with Gasteiger partial charge < -0.3 is 4.90 Å². The van der Waals surface area contributed by atoms with Crippen LogP contribution in [-0.2, 0) is 6.54 Å². The number of benzene rings is 1. The summed E-state index contributed by atoms with van der Waals surface area (Å²) in [6.45, 7) is 5.90. The first-order valence-electron chi connectivity index (χ1n) is 9.50. The number of piperidine rings is 1. The molecule has 0 aliphatic carbocycles. The maximum absolute atomic E-state index is 13.2. The van der Waals surface area contributed by atoms with Crippen molar-refractivity contribution in [2.45, 2.75) is 39.2 Å². The van der Waals surface area contributed by atoms with Gasteiger partial charge in [0, 0.05) is 30.6 Å². The first-order chi connectivity index (χ1) is 13.5. The molecule has 1 fully saturated rings. The topological polar surface area (TPSA) is 51.0 Å². The van der Waals surface area contributed by atoms with Crippen LogP contribution in [-0.4, -0.2) is 38.7 Å². The Balaban J connectivity index is 1.54. The van der Waals surface area contributed by atoms with Crippen LogP contribution in [0.1, 0.15) is 50.9 Å². The summed E-state index contributed by atoms with van der Waals surface area (Å²) in [6, 6.07) is 8.26. The quantitative estimate of drug-likeness (QED) is 0.622. The molecule has 4 rings (SSSR count). The number of likely N-dealkylation sites (tertiary alicyclic amines) is 1. The summed E-state index contributed by atoms with van der Waals surface area (Å²) < 4.78 is 1.72. The summed E-state index contributed by atoms with van der Waals surface area (Å²) in [7, 11) is 0. The standard InChI is InChI=1S/C21H23ClN4OS/c1-14-5-7-16(8-6-14)12-26-19(22)18(15(2)24-26)21(27)25-10-3-4-17(13-25)20-23-9-11-28-20/h5-9,11,17H,3-4,10,12-13H2,1-2H3. The zero-order chi connectivity index (χ0) is 19.7. The number of hydrogen-bond donors (Lipinski definition) is 0. The van der Waals surface area contributed by atoms with Crippen LogP contribution in [0.15, 0.2) is 35.8 Å². The number of amides is 1. The number of nitrogens with zero attached hydrogens (tertiary/aromatic N) is 4. The summed E-state index contributed by atoms with van der Waals surface area (Å²) in [5.41, 5.74) is 3.52. The Kier molecular flexibility index (Phi) is 5.51.